The SMILES string of the molecule is COc1cc(C2CC3CCC(C2)N3Cc2ccc(OCCCN(C)C)c(C)c2C)ccc1Cl. The van der Waals surface area contributed by atoms with Crippen LogP contribution < -0.4 is 9.47 Å². The zero-order valence-electron chi connectivity index (χ0n) is 20.9. The Bertz CT molecular complexity index is 947. The van der Waals surface area contributed by atoms with E-state index >= 15 is 0 Å². The van der Waals surface area contributed by atoms with E-state index in [1.807, 2.05) is 6.07 Å². The van der Waals surface area contributed by atoms with E-state index in [1.165, 1.54) is 47.9 Å². The minimum absolute atomic E-state index is 0.589. The van der Waals surface area contributed by atoms with Crippen LogP contribution in [0, 0.1) is 13.8 Å². The van der Waals surface area contributed by atoms with E-state index in [0.717, 1.165) is 37.6 Å². The Balaban J connectivity index is 1.41. The molecule has 0 saturated carbocycles. The topological polar surface area (TPSA) is 24.9 Å². The van der Waals surface area contributed by atoms with Gasteiger partial charge in [-0.3, -0.25) is 4.90 Å². The van der Waals surface area contributed by atoms with Gasteiger partial charge in [0.2, 0.25) is 0 Å². The molecule has 0 amide bonds. The summed E-state index contributed by atoms with van der Waals surface area (Å²) in [5, 5.41) is 0.692. The van der Waals surface area contributed by atoms with E-state index in [-0.39, 0.29) is 0 Å². The van der Waals surface area contributed by atoms with Crippen LogP contribution in [0.1, 0.15) is 60.3 Å². The first-order chi connectivity index (χ1) is 15.9. The minimum atomic E-state index is 0.589. The number of methoxy groups -OCH3 is 1. The van der Waals surface area contributed by atoms with Gasteiger partial charge in [-0.2, -0.15) is 0 Å². The molecule has 4 rings (SSSR count). The van der Waals surface area contributed by atoms with Gasteiger partial charge in [-0.25, -0.2) is 0 Å². The zero-order chi connectivity index (χ0) is 23.5. The summed E-state index contributed by atoms with van der Waals surface area (Å²) in [6.07, 6.45) is 6.08. The lowest BCUT2D eigenvalue weighted by molar-refractivity contribution is 0.118. The van der Waals surface area contributed by atoms with Gasteiger partial charge in [-0.15, -0.1) is 0 Å². The van der Waals surface area contributed by atoms with Crippen LogP contribution in [0.15, 0.2) is 30.3 Å². The van der Waals surface area contributed by atoms with Crippen molar-refractivity contribution in [1.29, 1.82) is 0 Å². The van der Waals surface area contributed by atoms with Crippen molar-refractivity contribution in [3.8, 4) is 11.5 Å². The standard InChI is InChI=1S/C28H39ClN2O2/c1-19-20(2)27(33-14-6-13-30(3)4)12-8-22(19)18-31-24-9-10-25(31)16-23(15-24)21-7-11-26(29)28(17-21)32-5/h7-8,11-12,17,23-25H,6,9-10,13-16,18H2,1-5H3. The summed E-state index contributed by atoms with van der Waals surface area (Å²) in [6.45, 7) is 7.32. The fourth-order valence-corrected chi connectivity index (χ4v) is 5.87. The molecule has 2 aromatic carbocycles. The molecule has 2 aliphatic heterocycles. The molecule has 180 valence electrons. The highest BCUT2D eigenvalue weighted by atomic mass is 35.5. The number of rotatable bonds is 9. The van der Waals surface area contributed by atoms with Gasteiger partial charge in [0.25, 0.3) is 0 Å². The molecule has 0 aromatic heterocycles. The Morgan fingerprint density at radius 2 is 1.73 bits per heavy atom. The van der Waals surface area contributed by atoms with Crippen molar-refractivity contribution in [3.63, 3.8) is 0 Å². The maximum Gasteiger partial charge on any atom is 0.137 e. The number of hydrogen-bond donors (Lipinski definition) is 0. The van der Waals surface area contributed by atoms with Gasteiger partial charge < -0.3 is 14.4 Å². The van der Waals surface area contributed by atoms with Crippen molar-refractivity contribution in [3.05, 3.63) is 57.6 Å². The van der Waals surface area contributed by atoms with Crippen molar-refractivity contribution in [2.45, 2.75) is 70.5 Å². The fraction of sp³-hybridized carbons (Fsp3) is 0.571. The summed E-state index contributed by atoms with van der Waals surface area (Å²) in [4.78, 5) is 4.97. The molecular weight excluding hydrogens is 432 g/mol. The Morgan fingerprint density at radius 1 is 1.00 bits per heavy atom. The second-order valence-electron chi connectivity index (χ2n) is 10.1. The van der Waals surface area contributed by atoms with E-state index in [4.69, 9.17) is 21.1 Å². The van der Waals surface area contributed by atoms with E-state index in [0.29, 0.717) is 23.0 Å². The van der Waals surface area contributed by atoms with Gasteiger partial charge in [0.15, 0.2) is 0 Å². The molecule has 2 saturated heterocycles. The lowest BCUT2D eigenvalue weighted by Crippen LogP contribution is -2.41. The van der Waals surface area contributed by atoms with E-state index in [2.05, 4.69) is 62.0 Å². The van der Waals surface area contributed by atoms with Crippen LogP contribution in [0.4, 0.5) is 0 Å². The molecule has 2 unspecified atom stereocenters. The third-order valence-corrected chi connectivity index (χ3v) is 8.05. The average molecular weight is 471 g/mol. The summed E-state index contributed by atoms with van der Waals surface area (Å²) in [6, 6.07) is 12.1. The number of piperidine rings is 1. The largest absolute Gasteiger partial charge is 0.495 e. The Kier molecular flexibility index (Phi) is 7.88. The van der Waals surface area contributed by atoms with Gasteiger partial charge in [0.1, 0.15) is 11.5 Å². The summed E-state index contributed by atoms with van der Waals surface area (Å²) >= 11 is 6.26. The normalized spacial score (nSPS) is 22.7. The molecule has 2 fully saturated rings. The van der Waals surface area contributed by atoms with E-state index < -0.39 is 0 Å². The van der Waals surface area contributed by atoms with Crippen LogP contribution in [0.3, 0.4) is 0 Å². The predicted octanol–water partition coefficient (Wildman–Crippen LogP) is 6.21. The molecule has 4 nitrogen and oxygen atoms in total. The van der Waals surface area contributed by atoms with Gasteiger partial charge in [-0.05, 0) is 106 Å². The highest BCUT2D eigenvalue weighted by molar-refractivity contribution is 6.32. The molecule has 2 atom stereocenters. The zero-order valence-corrected chi connectivity index (χ0v) is 21.6. The summed E-state index contributed by atoms with van der Waals surface area (Å²) < 4.78 is 11.6. The smallest absolute Gasteiger partial charge is 0.137 e. The Hall–Kier alpha value is -1.75. The number of ether oxygens (including phenoxy) is 2. The maximum atomic E-state index is 6.26. The minimum Gasteiger partial charge on any atom is -0.495 e. The molecule has 2 aromatic rings. The van der Waals surface area contributed by atoms with Crippen LogP contribution in [0.25, 0.3) is 0 Å². The second-order valence-corrected chi connectivity index (χ2v) is 10.5. The Morgan fingerprint density at radius 3 is 2.39 bits per heavy atom. The lowest BCUT2D eigenvalue weighted by atomic mass is 9.84. The number of hydrogen-bond acceptors (Lipinski definition) is 4. The molecule has 0 radical (unpaired) electrons. The van der Waals surface area contributed by atoms with Gasteiger partial charge >= 0.3 is 0 Å². The summed E-state index contributed by atoms with van der Waals surface area (Å²) in [7, 11) is 5.90. The van der Waals surface area contributed by atoms with Gasteiger partial charge in [0, 0.05) is 25.2 Å². The fourth-order valence-electron chi connectivity index (χ4n) is 5.67. The Labute approximate surface area is 204 Å². The number of halogens is 1. The van der Waals surface area contributed by atoms with Crippen LogP contribution >= 0.6 is 11.6 Å². The quantitative estimate of drug-likeness (QED) is 0.407. The molecule has 0 N–H and O–H groups in total. The summed E-state index contributed by atoms with van der Waals surface area (Å²) in [5.74, 6) is 2.41. The molecule has 2 aliphatic rings. The molecule has 0 spiro atoms. The van der Waals surface area contributed by atoms with Gasteiger partial charge in [-0.1, -0.05) is 23.7 Å². The summed E-state index contributed by atoms with van der Waals surface area (Å²) in [5.41, 5.74) is 5.48. The average Bonchev–Trinajstić information content (AvgIpc) is 3.02. The van der Waals surface area contributed by atoms with Gasteiger partial charge in [0.05, 0.1) is 18.7 Å². The van der Waals surface area contributed by atoms with Crippen molar-refractivity contribution in [2.24, 2.45) is 0 Å². The maximum absolute atomic E-state index is 6.26. The second kappa shape index (κ2) is 10.7. The van der Waals surface area contributed by atoms with Crippen molar-refractivity contribution in [2.75, 3.05) is 34.4 Å². The van der Waals surface area contributed by atoms with E-state index in [1.54, 1.807) is 7.11 Å². The third-order valence-electron chi connectivity index (χ3n) is 7.74. The first kappa shape index (κ1) is 24.4. The van der Waals surface area contributed by atoms with Crippen LogP contribution in [0.2, 0.25) is 5.02 Å². The number of fused-ring (bicyclic) bond motifs is 2. The molecule has 5 heteroatoms. The van der Waals surface area contributed by atoms with Crippen LogP contribution in [-0.2, 0) is 6.54 Å². The monoisotopic (exact) mass is 470 g/mol. The number of nitrogens with zero attached hydrogens (tertiary/aromatic N) is 2. The molecule has 33 heavy (non-hydrogen) atoms. The van der Waals surface area contributed by atoms with Crippen LogP contribution in [0.5, 0.6) is 11.5 Å². The number of benzene rings is 2. The lowest BCUT2D eigenvalue weighted by Gasteiger charge is -2.39. The highest BCUT2D eigenvalue weighted by Gasteiger charge is 2.41. The highest BCUT2D eigenvalue weighted by Crippen LogP contribution is 2.45. The molecular formula is C28H39ClN2O2. The van der Waals surface area contributed by atoms with Crippen molar-refractivity contribution < 1.29 is 9.47 Å². The molecule has 2 heterocycles. The third kappa shape index (κ3) is 5.50. The first-order valence-corrected chi connectivity index (χ1v) is 12.7. The van der Waals surface area contributed by atoms with Crippen molar-refractivity contribution in [1.82, 2.24) is 9.80 Å². The first-order valence-electron chi connectivity index (χ1n) is 12.3. The molecule has 2 bridgehead atoms. The molecule has 0 aliphatic carbocycles. The van der Waals surface area contributed by atoms with Crippen LogP contribution in [-0.4, -0.2) is 56.2 Å². The van der Waals surface area contributed by atoms with E-state index in [9.17, 15) is 0 Å². The van der Waals surface area contributed by atoms with Crippen molar-refractivity contribution >= 4 is 11.6 Å². The predicted molar refractivity (Wildman–Crippen MR) is 137 cm³/mol.